The van der Waals surface area contributed by atoms with Gasteiger partial charge in [-0.2, -0.15) is 5.26 Å². The van der Waals surface area contributed by atoms with E-state index in [0.717, 1.165) is 18.9 Å². The van der Waals surface area contributed by atoms with Crippen LogP contribution in [0.1, 0.15) is 25.3 Å². The molecule has 0 aromatic carbocycles. The van der Waals surface area contributed by atoms with Gasteiger partial charge in [0.2, 0.25) is 0 Å². The Morgan fingerprint density at radius 3 is 2.71 bits per heavy atom. The third-order valence-electron chi connectivity index (χ3n) is 5.85. The maximum absolute atomic E-state index is 15.2. The molecule has 3 heterocycles. The molecule has 1 saturated carbocycles. The average molecular weight is 473 g/mol. The van der Waals surface area contributed by atoms with Gasteiger partial charge in [0.05, 0.1) is 30.5 Å². The fourth-order valence-corrected chi connectivity index (χ4v) is 3.97. The van der Waals surface area contributed by atoms with Crippen molar-refractivity contribution in [2.24, 2.45) is 5.92 Å². The smallest absolute Gasteiger partial charge is 0.404 e. The van der Waals surface area contributed by atoms with E-state index < -0.39 is 29.8 Å². The zero-order valence-electron chi connectivity index (χ0n) is 18.5. The van der Waals surface area contributed by atoms with E-state index in [1.54, 1.807) is 11.8 Å². The Hall–Kier alpha value is -3.72. The third kappa shape index (κ3) is 5.26. The van der Waals surface area contributed by atoms with Crippen LogP contribution in [0.5, 0.6) is 0 Å². The van der Waals surface area contributed by atoms with Gasteiger partial charge in [0.25, 0.3) is 0 Å². The number of amides is 1. The second-order valence-corrected chi connectivity index (χ2v) is 8.29. The van der Waals surface area contributed by atoms with E-state index in [9.17, 15) is 14.4 Å². The van der Waals surface area contributed by atoms with Crippen molar-refractivity contribution in [1.82, 2.24) is 15.3 Å². The molecule has 0 spiro atoms. The van der Waals surface area contributed by atoms with Crippen LogP contribution in [-0.4, -0.2) is 59.6 Å². The monoisotopic (exact) mass is 473 g/mol. The highest BCUT2D eigenvalue weighted by atomic mass is 19.1. The fourth-order valence-electron chi connectivity index (χ4n) is 3.97. The van der Waals surface area contributed by atoms with Gasteiger partial charge in [-0.05, 0) is 37.8 Å². The highest BCUT2D eigenvalue weighted by Crippen LogP contribution is 2.36. The van der Waals surface area contributed by atoms with Gasteiger partial charge in [-0.25, -0.2) is 23.5 Å². The first-order valence-electron chi connectivity index (χ1n) is 11.0. The lowest BCUT2D eigenvalue weighted by atomic mass is 10.0. The van der Waals surface area contributed by atoms with E-state index in [1.165, 1.54) is 12.3 Å². The molecule has 2 fully saturated rings. The summed E-state index contributed by atoms with van der Waals surface area (Å²) in [4.78, 5) is 21.2. The number of nitrogens with zero attached hydrogens (tertiary/aromatic N) is 4. The van der Waals surface area contributed by atoms with Gasteiger partial charge in [-0.15, -0.1) is 0 Å². The molecule has 180 valence electrons. The molecule has 1 aliphatic carbocycles. The van der Waals surface area contributed by atoms with Crippen molar-refractivity contribution in [1.29, 1.82) is 5.26 Å². The van der Waals surface area contributed by atoms with Gasteiger partial charge in [0.15, 0.2) is 29.1 Å². The molecule has 2 aromatic rings. The molecule has 1 amide bonds. The van der Waals surface area contributed by atoms with Crippen molar-refractivity contribution < 1.29 is 23.4 Å². The number of pyridine rings is 2. The SMILES string of the molecule is C[C@H](NC(=O)O)[C@@H](Nc1nc(Nc2ccnc(N3CCOCC3)c2F)c(C#N)cc1F)C1CC1. The number of nitriles is 1. The topological polar surface area (TPSA) is 135 Å². The lowest BCUT2D eigenvalue weighted by molar-refractivity contribution is 0.122. The summed E-state index contributed by atoms with van der Waals surface area (Å²) in [5.74, 6) is -1.26. The molecule has 4 rings (SSSR count). The zero-order valence-corrected chi connectivity index (χ0v) is 18.5. The number of aromatic nitrogens is 2. The molecule has 0 unspecified atom stereocenters. The second kappa shape index (κ2) is 10.0. The molecule has 4 N–H and O–H groups in total. The second-order valence-electron chi connectivity index (χ2n) is 8.29. The molecule has 0 radical (unpaired) electrons. The number of carboxylic acid groups (broad SMARTS) is 1. The highest BCUT2D eigenvalue weighted by molar-refractivity contribution is 5.68. The molecule has 1 saturated heterocycles. The van der Waals surface area contributed by atoms with Gasteiger partial charge in [-0.1, -0.05) is 0 Å². The van der Waals surface area contributed by atoms with E-state index in [-0.39, 0.29) is 34.6 Å². The predicted octanol–water partition coefficient (Wildman–Crippen LogP) is 3.05. The molecule has 2 atom stereocenters. The Kier molecular flexibility index (Phi) is 6.93. The summed E-state index contributed by atoms with van der Waals surface area (Å²) in [7, 11) is 0. The van der Waals surface area contributed by atoms with E-state index in [4.69, 9.17) is 9.84 Å². The number of hydrogen-bond acceptors (Lipinski definition) is 8. The number of ether oxygens (including phenoxy) is 1. The van der Waals surface area contributed by atoms with Crippen LogP contribution in [0, 0.1) is 28.9 Å². The summed E-state index contributed by atoms with van der Waals surface area (Å²) >= 11 is 0. The summed E-state index contributed by atoms with van der Waals surface area (Å²) in [5, 5.41) is 26.7. The van der Waals surface area contributed by atoms with E-state index in [1.807, 2.05) is 6.07 Å². The number of halogens is 2. The average Bonchev–Trinajstić information content (AvgIpc) is 3.65. The number of hydrogen-bond donors (Lipinski definition) is 4. The number of carbonyl (C=O) groups is 1. The Morgan fingerprint density at radius 2 is 2.06 bits per heavy atom. The number of morpholine rings is 1. The number of rotatable bonds is 8. The molecule has 0 bridgehead atoms. The van der Waals surface area contributed by atoms with Gasteiger partial charge in [-0.3, -0.25) is 0 Å². The van der Waals surface area contributed by atoms with E-state index >= 15 is 4.39 Å². The normalized spacial score (nSPS) is 17.4. The van der Waals surface area contributed by atoms with Crippen molar-refractivity contribution in [2.45, 2.75) is 31.8 Å². The van der Waals surface area contributed by atoms with Crippen LogP contribution in [-0.2, 0) is 4.74 Å². The van der Waals surface area contributed by atoms with Crippen LogP contribution in [0.3, 0.4) is 0 Å². The Balaban J connectivity index is 1.61. The number of anilines is 4. The van der Waals surface area contributed by atoms with Crippen LogP contribution in [0.15, 0.2) is 18.3 Å². The standard InChI is InChI=1S/C22H25F2N7O3/c1-12(27-22(32)33)18(13-2-3-13)29-20-15(23)10-14(11-25)19(30-20)28-16-4-5-26-21(17(16)24)31-6-8-34-9-7-31/h4-5,10,12-13,18,27H,2-3,6-9H2,1H3,(H,32,33)(H2,26,28,29,30)/t12-,18+/m0/s1. The molecule has 10 nitrogen and oxygen atoms in total. The minimum Gasteiger partial charge on any atom is -0.465 e. The molecular weight excluding hydrogens is 448 g/mol. The summed E-state index contributed by atoms with van der Waals surface area (Å²) in [6, 6.07) is 3.38. The molecular formula is C22H25F2N7O3. The first-order chi connectivity index (χ1) is 16.4. The first kappa shape index (κ1) is 23.4. The molecule has 12 heteroatoms. The summed E-state index contributed by atoms with van der Waals surface area (Å²) in [6.45, 7) is 3.59. The number of nitrogens with one attached hydrogen (secondary N) is 3. The fraction of sp³-hybridized carbons (Fsp3) is 0.455. The van der Waals surface area contributed by atoms with Gasteiger partial charge < -0.3 is 30.7 Å². The lowest BCUT2D eigenvalue weighted by Gasteiger charge is -2.28. The van der Waals surface area contributed by atoms with Crippen LogP contribution in [0.4, 0.5) is 36.7 Å². The van der Waals surface area contributed by atoms with Crippen LogP contribution in [0.2, 0.25) is 0 Å². The van der Waals surface area contributed by atoms with Crippen molar-refractivity contribution in [3.8, 4) is 6.07 Å². The quantitative estimate of drug-likeness (QED) is 0.456. The largest absolute Gasteiger partial charge is 0.465 e. The van der Waals surface area contributed by atoms with Crippen LogP contribution in [0.25, 0.3) is 0 Å². The van der Waals surface area contributed by atoms with Gasteiger partial charge in [0, 0.05) is 25.3 Å². The van der Waals surface area contributed by atoms with Crippen molar-refractivity contribution in [3.63, 3.8) is 0 Å². The summed E-state index contributed by atoms with van der Waals surface area (Å²) in [6.07, 6.45) is 2.00. The molecule has 34 heavy (non-hydrogen) atoms. The first-order valence-corrected chi connectivity index (χ1v) is 11.0. The minimum atomic E-state index is -1.18. The lowest BCUT2D eigenvalue weighted by Crippen LogP contribution is -2.45. The minimum absolute atomic E-state index is 0.0298. The van der Waals surface area contributed by atoms with Gasteiger partial charge >= 0.3 is 6.09 Å². The summed E-state index contributed by atoms with van der Waals surface area (Å²) < 4.78 is 35.3. The molecule has 1 aliphatic heterocycles. The van der Waals surface area contributed by atoms with Crippen molar-refractivity contribution in [3.05, 3.63) is 35.5 Å². The Morgan fingerprint density at radius 1 is 1.32 bits per heavy atom. The maximum atomic E-state index is 15.2. The summed E-state index contributed by atoms with van der Waals surface area (Å²) in [5.41, 5.74) is -0.0652. The predicted molar refractivity (Wildman–Crippen MR) is 120 cm³/mol. The molecule has 2 aromatic heterocycles. The molecule has 2 aliphatic rings. The Labute approximate surface area is 194 Å². The van der Waals surface area contributed by atoms with E-state index in [2.05, 4.69) is 25.9 Å². The maximum Gasteiger partial charge on any atom is 0.404 e. The highest BCUT2D eigenvalue weighted by Gasteiger charge is 2.36. The third-order valence-corrected chi connectivity index (χ3v) is 5.85. The van der Waals surface area contributed by atoms with Crippen molar-refractivity contribution >= 4 is 29.2 Å². The van der Waals surface area contributed by atoms with Crippen molar-refractivity contribution in [2.75, 3.05) is 41.8 Å². The van der Waals surface area contributed by atoms with Gasteiger partial charge in [0.1, 0.15) is 6.07 Å². The van der Waals surface area contributed by atoms with Crippen LogP contribution < -0.4 is 20.9 Å². The zero-order chi connectivity index (χ0) is 24.2. The van der Waals surface area contributed by atoms with E-state index in [0.29, 0.717) is 26.3 Å². The van der Waals surface area contributed by atoms with Crippen LogP contribution >= 0.6 is 0 Å². The Bertz CT molecular complexity index is 1100.